The molecule has 98 valence electrons. The van der Waals surface area contributed by atoms with E-state index in [1.165, 1.54) is 5.57 Å². The van der Waals surface area contributed by atoms with E-state index in [9.17, 15) is 4.79 Å². The second-order valence-electron chi connectivity index (χ2n) is 6.39. The number of hydrogen-bond donors (Lipinski definition) is 0. The van der Waals surface area contributed by atoms with E-state index in [0.29, 0.717) is 24.2 Å². The Morgan fingerprint density at radius 3 is 2.89 bits per heavy atom. The second kappa shape index (κ2) is 4.21. The van der Waals surface area contributed by atoms with Crippen LogP contribution in [0.4, 0.5) is 0 Å². The predicted molar refractivity (Wildman–Crippen MR) is 71.4 cm³/mol. The van der Waals surface area contributed by atoms with Gasteiger partial charge in [-0.05, 0) is 32.5 Å². The Morgan fingerprint density at radius 2 is 2.28 bits per heavy atom. The summed E-state index contributed by atoms with van der Waals surface area (Å²) in [5.41, 5.74) is 1.31. The summed E-state index contributed by atoms with van der Waals surface area (Å²) in [6.07, 6.45) is 5.30. The highest BCUT2D eigenvalue weighted by Crippen LogP contribution is 2.54. The van der Waals surface area contributed by atoms with Crippen molar-refractivity contribution >= 4 is 13.6 Å². The van der Waals surface area contributed by atoms with E-state index in [1.54, 1.807) is 0 Å². The van der Waals surface area contributed by atoms with Gasteiger partial charge in [0.15, 0.2) is 0 Å². The van der Waals surface area contributed by atoms with E-state index in [1.807, 2.05) is 7.85 Å². The van der Waals surface area contributed by atoms with Crippen LogP contribution in [0.1, 0.15) is 33.1 Å². The van der Waals surface area contributed by atoms with Crippen molar-refractivity contribution in [3.05, 3.63) is 11.6 Å². The molecule has 0 aromatic rings. The first-order valence-corrected chi connectivity index (χ1v) is 6.97. The fourth-order valence-corrected chi connectivity index (χ4v) is 3.28. The van der Waals surface area contributed by atoms with Gasteiger partial charge in [0.1, 0.15) is 13.6 Å². The van der Waals surface area contributed by atoms with Crippen LogP contribution in [0.3, 0.4) is 0 Å². The minimum atomic E-state index is -0.0162. The first-order chi connectivity index (χ1) is 8.52. The number of allylic oxidation sites excluding steroid dienone is 1. The molecule has 3 rings (SSSR count). The Balaban J connectivity index is 1.63. The predicted octanol–water partition coefficient (Wildman–Crippen LogP) is 1.28. The fourth-order valence-electron chi connectivity index (χ4n) is 3.28. The third-order valence-electron chi connectivity index (χ3n) is 4.59. The van der Waals surface area contributed by atoms with Crippen LogP contribution < -0.4 is 0 Å². The molecule has 18 heavy (non-hydrogen) atoms. The lowest BCUT2D eigenvalue weighted by molar-refractivity contribution is -0.123. The molecule has 2 saturated heterocycles. The summed E-state index contributed by atoms with van der Waals surface area (Å²) in [7, 11) is 2.02. The van der Waals surface area contributed by atoms with Gasteiger partial charge in [-0.25, -0.2) is 0 Å². The molecule has 0 bridgehead atoms. The zero-order chi connectivity index (χ0) is 12.9. The quantitative estimate of drug-likeness (QED) is 0.429. The Kier molecular flexibility index (Phi) is 2.90. The average molecular weight is 248 g/mol. The van der Waals surface area contributed by atoms with Gasteiger partial charge in [0.2, 0.25) is 0 Å². The first-order valence-electron chi connectivity index (χ1n) is 6.97. The zero-order valence-electron chi connectivity index (χ0n) is 11.4. The summed E-state index contributed by atoms with van der Waals surface area (Å²) in [5, 5.41) is 0. The molecule has 5 atom stereocenters. The molecule has 4 unspecified atom stereocenters. The molecule has 0 radical (unpaired) electrons. The van der Waals surface area contributed by atoms with Crippen molar-refractivity contribution in [1.29, 1.82) is 0 Å². The average Bonchev–Trinajstić information content (AvgIpc) is 3.18. The molecule has 1 aliphatic carbocycles. The summed E-state index contributed by atoms with van der Waals surface area (Å²) in [5.74, 6) is 0.855. The second-order valence-corrected chi connectivity index (χ2v) is 6.39. The number of carbonyl (C=O) groups is 1. The Bertz CT molecular complexity index is 396. The maximum atomic E-state index is 11.9. The number of Topliss-reactive ketones (excluding diaryl/α,β-unsaturated/α-hetero) is 1. The van der Waals surface area contributed by atoms with Gasteiger partial charge in [-0.15, -0.1) is 0 Å². The zero-order valence-corrected chi connectivity index (χ0v) is 11.4. The van der Waals surface area contributed by atoms with Gasteiger partial charge in [0.05, 0.1) is 24.4 Å². The fraction of sp³-hybridized carbons (Fsp3) is 0.786. The van der Waals surface area contributed by atoms with Crippen LogP contribution in [0.25, 0.3) is 0 Å². The smallest absolute Gasteiger partial charge is 0.128 e. The van der Waals surface area contributed by atoms with Gasteiger partial charge in [-0.1, -0.05) is 11.6 Å². The molecule has 4 heteroatoms. The van der Waals surface area contributed by atoms with Crippen molar-refractivity contribution in [2.75, 3.05) is 6.61 Å². The maximum Gasteiger partial charge on any atom is 0.128 e. The van der Waals surface area contributed by atoms with E-state index in [0.717, 1.165) is 19.4 Å². The molecule has 3 aliphatic rings. The van der Waals surface area contributed by atoms with E-state index in [2.05, 4.69) is 19.9 Å². The lowest BCUT2D eigenvalue weighted by atomic mass is 9.64. The molecule has 0 aromatic heterocycles. The molecule has 3 fully saturated rings. The molecule has 2 heterocycles. The summed E-state index contributed by atoms with van der Waals surface area (Å²) < 4.78 is 11.5. The summed E-state index contributed by atoms with van der Waals surface area (Å²) in [6.45, 7) is 5.04. The summed E-state index contributed by atoms with van der Waals surface area (Å²) >= 11 is 0. The Morgan fingerprint density at radius 1 is 1.56 bits per heavy atom. The molecule has 0 amide bonds. The van der Waals surface area contributed by atoms with Crippen LogP contribution in [0, 0.1) is 5.92 Å². The highest BCUT2D eigenvalue weighted by molar-refractivity contribution is 6.24. The van der Waals surface area contributed by atoms with E-state index in [4.69, 9.17) is 9.47 Å². The van der Waals surface area contributed by atoms with Crippen molar-refractivity contribution in [2.24, 2.45) is 5.92 Å². The topological polar surface area (TPSA) is 42.1 Å². The van der Waals surface area contributed by atoms with Crippen molar-refractivity contribution in [2.45, 2.75) is 56.7 Å². The number of carbonyl (C=O) groups excluding carboxylic acids is 1. The SMILES string of the molecule is BC1CC2(CO2)C(C2O[C@@H]2CC=C(C)C)CC1=O. The number of rotatable bonds is 3. The van der Waals surface area contributed by atoms with Crippen LogP contribution in [0.5, 0.6) is 0 Å². The minimum Gasteiger partial charge on any atom is -0.369 e. The molecule has 0 N–H and O–H groups in total. The molecule has 0 aromatic carbocycles. The molecular formula is C14H21BO3. The lowest BCUT2D eigenvalue weighted by Crippen LogP contribution is -2.39. The molecule has 3 nitrogen and oxygen atoms in total. The largest absolute Gasteiger partial charge is 0.369 e. The standard InChI is InChI=1S/C14H21BO3/c1-8(2)3-4-12-13(18-12)9-5-11(16)10(15)6-14(9)7-17-14/h3,9-10,12-13H,4-7,15H2,1-2H3/t9?,10?,12-,13?,14?/m1/s1. The normalized spacial score (nSPS) is 46.0. The Hall–Kier alpha value is -0.605. The van der Waals surface area contributed by atoms with Gasteiger partial charge in [-0.2, -0.15) is 0 Å². The monoisotopic (exact) mass is 248 g/mol. The highest BCUT2D eigenvalue weighted by Gasteiger charge is 2.63. The van der Waals surface area contributed by atoms with Gasteiger partial charge in [0.25, 0.3) is 0 Å². The first kappa shape index (κ1) is 12.4. The molecule has 1 saturated carbocycles. The third-order valence-corrected chi connectivity index (χ3v) is 4.59. The van der Waals surface area contributed by atoms with Crippen LogP contribution >= 0.6 is 0 Å². The molecule has 1 spiro atoms. The van der Waals surface area contributed by atoms with Crippen LogP contribution in [-0.4, -0.2) is 38.0 Å². The number of hydrogen-bond acceptors (Lipinski definition) is 3. The van der Waals surface area contributed by atoms with Crippen LogP contribution in [0.15, 0.2) is 11.6 Å². The van der Waals surface area contributed by atoms with E-state index < -0.39 is 0 Å². The van der Waals surface area contributed by atoms with Crippen molar-refractivity contribution in [3.63, 3.8) is 0 Å². The minimum absolute atomic E-state index is 0.0162. The summed E-state index contributed by atoms with van der Waals surface area (Å²) in [4.78, 5) is 11.9. The third kappa shape index (κ3) is 2.16. The Labute approximate surface area is 109 Å². The van der Waals surface area contributed by atoms with Gasteiger partial charge in [-0.3, -0.25) is 0 Å². The number of ether oxygens (including phenoxy) is 2. The summed E-state index contributed by atoms with van der Waals surface area (Å²) in [6, 6.07) is 0. The van der Waals surface area contributed by atoms with Gasteiger partial charge in [0, 0.05) is 12.3 Å². The number of epoxide rings is 2. The lowest BCUT2D eigenvalue weighted by Gasteiger charge is -2.30. The number of ketones is 1. The maximum absolute atomic E-state index is 11.9. The van der Waals surface area contributed by atoms with Crippen molar-refractivity contribution in [1.82, 2.24) is 0 Å². The van der Waals surface area contributed by atoms with Crippen LogP contribution in [0.2, 0.25) is 5.82 Å². The van der Waals surface area contributed by atoms with Crippen LogP contribution in [-0.2, 0) is 14.3 Å². The van der Waals surface area contributed by atoms with Crippen molar-refractivity contribution in [3.8, 4) is 0 Å². The van der Waals surface area contributed by atoms with Gasteiger partial charge < -0.3 is 14.3 Å². The van der Waals surface area contributed by atoms with E-state index >= 15 is 0 Å². The molecular weight excluding hydrogens is 227 g/mol. The van der Waals surface area contributed by atoms with Crippen molar-refractivity contribution < 1.29 is 14.3 Å². The molecule has 2 aliphatic heterocycles. The highest BCUT2D eigenvalue weighted by atomic mass is 16.6. The van der Waals surface area contributed by atoms with E-state index in [-0.39, 0.29) is 17.5 Å². The van der Waals surface area contributed by atoms with Gasteiger partial charge >= 0.3 is 0 Å².